The number of nitrogens with one attached hydrogen (secondary N) is 1. The Morgan fingerprint density at radius 2 is 1.72 bits per heavy atom. The Morgan fingerprint density at radius 1 is 0.938 bits per heavy atom. The van der Waals surface area contributed by atoms with Crippen molar-refractivity contribution in [3.8, 4) is 17.3 Å². The minimum Gasteiger partial charge on any atom is -0.497 e. The van der Waals surface area contributed by atoms with Crippen LogP contribution in [-0.2, 0) is 10.0 Å². The quantitative estimate of drug-likeness (QED) is 0.472. The molecule has 0 saturated heterocycles. The molecule has 2 aromatic heterocycles. The highest BCUT2D eigenvalue weighted by Crippen LogP contribution is 2.31. The van der Waals surface area contributed by atoms with Crippen molar-refractivity contribution < 1.29 is 17.9 Å². The Hall–Kier alpha value is -3.59. The van der Waals surface area contributed by atoms with E-state index in [9.17, 15) is 8.42 Å². The maximum atomic E-state index is 13.3. The number of nitrogens with zero attached hydrogens (tertiary/aromatic N) is 3. The number of methoxy groups -OCH3 is 2. The minimum absolute atomic E-state index is 0.0387. The van der Waals surface area contributed by atoms with Crippen molar-refractivity contribution in [1.29, 1.82) is 0 Å². The summed E-state index contributed by atoms with van der Waals surface area (Å²) in [5.74, 6) is 1.40. The Balaban J connectivity index is 1.82. The van der Waals surface area contributed by atoms with Crippen molar-refractivity contribution in [2.75, 3.05) is 18.9 Å². The number of aromatic nitrogens is 3. The third-order valence-electron chi connectivity index (χ3n) is 5.18. The largest absolute Gasteiger partial charge is 0.497 e. The van der Waals surface area contributed by atoms with Gasteiger partial charge in [-0.05, 0) is 50.1 Å². The first-order valence-corrected chi connectivity index (χ1v) is 11.4. The SMILES string of the molecule is COc1ccc(OC)c(S(=O)(=O)Nc2cc(C)nn2-c2cc(C)c3cccc(C)c3n2)c1. The van der Waals surface area contributed by atoms with Gasteiger partial charge in [0.15, 0.2) is 5.82 Å². The zero-order chi connectivity index (χ0) is 23.0. The lowest BCUT2D eigenvalue weighted by Gasteiger charge is -2.14. The monoisotopic (exact) mass is 452 g/mol. The van der Waals surface area contributed by atoms with E-state index in [2.05, 4.69) is 9.82 Å². The number of anilines is 1. The molecule has 0 fully saturated rings. The molecule has 166 valence electrons. The molecule has 0 spiro atoms. The Labute approximate surface area is 186 Å². The minimum atomic E-state index is -4.01. The van der Waals surface area contributed by atoms with Gasteiger partial charge >= 0.3 is 0 Å². The molecule has 2 aromatic carbocycles. The summed E-state index contributed by atoms with van der Waals surface area (Å²) in [5.41, 5.74) is 3.54. The van der Waals surface area contributed by atoms with Crippen LogP contribution in [0.5, 0.6) is 11.5 Å². The summed E-state index contributed by atoms with van der Waals surface area (Å²) in [7, 11) is -1.12. The molecule has 4 rings (SSSR count). The number of pyridine rings is 1. The van der Waals surface area contributed by atoms with Crippen LogP contribution >= 0.6 is 0 Å². The molecular weight excluding hydrogens is 428 g/mol. The fourth-order valence-electron chi connectivity index (χ4n) is 3.59. The zero-order valence-electron chi connectivity index (χ0n) is 18.5. The third-order valence-corrected chi connectivity index (χ3v) is 6.56. The second kappa shape index (κ2) is 8.16. The second-order valence-corrected chi connectivity index (χ2v) is 9.12. The molecule has 0 unspecified atom stereocenters. The molecule has 9 heteroatoms. The van der Waals surface area contributed by atoms with Crippen LogP contribution in [0.3, 0.4) is 0 Å². The topological polar surface area (TPSA) is 95.3 Å². The van der Waals surface area contributed by atoms with E-state index in [1.54, 1.807) is 25.1 Å². The predicted octanol–water partition coefficient (Wildman–Crippen LogP) is 4.16. The molecule has 0 aliphatic rings. The lowest BCUT2D eigenvalue weighted by atomic mass is 10.1. The van der Waals surface area contributed by atoms with Crippen LogP contribution in [-0.4, -0.2) is 37.4 Å². The van der Waals surface area contributed by atoms with E-state index in [-0.39, 0.29) is 16.5 Å². The predicted molar refractivity (Wildman–Crippen MR) is 123 cm³/mol. The third kappa shape index (κ3) is 3.87. The molecule has 8 nitrogen and oxygen atoms in total. The molecule has 0 radical (unpaired) electrons. The van der Waals surface area contributed by atoms with E-state index in [1.165, 1.54) is 25.0 Å². The lowest BCUT2D eigenvalue weighted by molar-refractivity contribution is 0.392. The summed E-state index contributed by atoms with van der Waals surface area (Å²) >= 11 is 0. The molecule has 32 heavy (non-hydrogen) atoms. The highest BCUT2D eigenvalue weighted by atomic mass is 32.2. The Kier molecular flexibility index (Phi) is 5.52. The van der Waals surface area contributed by atoms with Gasteiger partial charge in [0.1, 0.15) is 22.2 Å². The average Bonchev–Trinajstić information content (AvgIpc) is 3.13. The molecule has 1 N–H and O–H groups in total. The van der Waals surface area contributed by atoms with Crippen LogP contribution in [0.15, 0.2) is 53.4 Å². The van der Waals surface area contributed by atoms with Gasteiger partial charge < -0.3 is 9.47 Å². The van der Waals surface area contributed by atoms with Gasteiger partial charge in [-0.2, -0.15) is 9.78 Å². The first-order chi connectivity index (χ1) is 15.2. The highest BCUT2D eigenvalue weighted by Gasteiger charge is 2.23. The number of hydrogen-bond donors (Lipinski definition) is 1. The van der Waals surface area contributed by atoms with E-state index in [0.29, 0.717) is 17.3 Å². The van der Waals surface area contributed by atoms with Crippen molar-refractivity contribution >= 4 is 26.7 Å². The van der Waals surface area contributed by atoms with Gasteiger partial charge in [-0.1, -0.05) is 18.2 Å². The molecular formula is C23H24N4O4S. The van der Waals surface area contributed by atoms with E-state index in [4.69, 9.17) is 14.5 Å². The van der Waals surface area contributed by atoms with E-state index in [1.807, 2.05) is 38.1 Å². The maximum Gasteiger partial charge on any atom is 0.266 e. The van der Waals surface area contributed by atoms with Crippen LogP contribution in [0, 0.1) is 20.8 Å². The van der Waals surface area contributed by atoms with Crippen molar-refractivity contribution in [3.63, 3.8) is 0 Å². The normalized spacial score (nSPS) is 11.5. The summed E-state index contributed by atoms with van der Waals surface area (Å²) < 4.78 is 41.1. The second-order valence-electron chi connectivity index (χ2n) is 7.47. The van der Waals surface area contributed by atoms with Gasteiger partial charge in [0.25, 0.3) is 10.0 Å². The number of benzene rings is 2. The smallest absolute Gasteiger partial charge is 0.266 e. The molecule has 0 aliphatic carbocycles. The molecule has 0 atom stereocenters. The number of para-hydroxylation sites is 1. The summed E-state index contributed by atoms with van der Waals surface area (Å²) in [6.07, 6.45) is 0. The van der Waals surface area contributed by atoms with Gasteiger partial charge in [-0.15, -0.1) is 0 Å². The summed E-state index contributed by atoms with van der Waals surface area (Å²) in [4.78, 5) is 4.73. The Morgan fingerprint density at radius 3 is 2.44 bits per heavy atom. The molecule has 0 aliphatic heterocycles. The molecule has 0 saturated carbocycles. The van der Waals surface area contributed by atoms with Crippen molar-refractivity contribution in [2.45, 2.75) is 25.7 Å². The molecule has 0 bridgehead atoms. The highest BCUT2D eigenvalue weighted by molar-refractivity contribution is 7.92. The number of hydrogen-bond acceptors (Lipinski definition) is 6. The number of rotatable bonds is 6. The van der Waals surface area contributed by atoms with Crippen molar-refractivity contribution in [2.24, 2.45) is 0 Å². The van der Waals surface area contributed by atoms with E-state index < -0.39 is 10.0 Å². The first-order valence-electron chi connectivity index (χ1n) is 9.92. The van der Waals surface area contributed by atoms with Gasteiger partial charge in [-0.25, -0.2) is 13.4 Å². The molecule has 2 heterocycles. The zero-order valence-corrected chi connectivity index (χ0v) is 19.3. The lowest BCUT2D eigenvalue weighted by Crippen LogP contribution is -2.17. The van der Waals surface area contributed by atoms with Gasteiger partial charge in [0.2, 0.25) is 0 Å². The van der Waals surface area contributed by atoms with Gasteiger partial charge in [-0.3, -0.25) is 4.72 Å². The Bertz CT molecular complexity index is 1430. The van der Waals surface area contributed by atoms with Crippen LogP contribution < -0.4 is 14.2 Å². The van der Waals surface area contributed by atoms with E-state index >= 15 is 0 Å². The van der Waals surface area contributed by atoms with Crippen LogP contribution in [0.25, 0.3) is 16.7 Å². The van der Waals surface area contributed by atoms with Crippen molar-refractivity contribution in [1.82, 2.24) is 14.8 Å². The van der Waals surface area contributed by atoms with Gasteiger partial charge in [0, 0.05) is 17.5 Å². The number of ether oxygens (including phenoxy) is 2. The van der Waals surface area contributed by atoms with Crippen molar-refractivity contribution in [3.05, 3.63) is 65.4 Å². The van der Waals surface area contributed by atoms with Crippen LogP contribution in [0.1, 0.15) is 16.8 Å². The fourth-order valence-corrected chi connectivity index (χ4v) is 4.80. The fraction of sp³-hybridized carbons (Fsp3) is 0.217. The maximum absolute atomic E-state index is 13.3. The molecule has 0 amide bonds. The summed E-state index contributed by atoms with van der Waals surface area (Å²) in [6.45, 7) is 5.78. The number of aryl methyl sites for hydroxylation is 3. The summed E-state index contributed by atoms with van der Waals surface area (Å²) in [6, 6.07) is 14.1. The first kappa shape index (κ1) is 21.6. The number of sulfonamides is 1. The molecule has 4 aromatic rings. The average molecular weight is 453 g/mol. The standard InChI is InChI=1S/C23H24N4O4S/c1-14-7-6-8-18-15(2)11-21(24-23(14)18)27-22(12-16(3)25-27)26-32(28,29)20-13-17(30-4)9-10-19(20)31-5/h6-13,26H,1-5H3. The van der Waals surface area contributed by atoms with Gasteiger partial charge in [0.05, 0.1) is 25.4 Å². The summed E-state index contributed by atoms with van der Waals surface area (Å²) in [5, 5.41) is 5.53. The van der Waals surface area contributed by atoms with Crippen LogP contribution in [0.2, 0.25) is 0 Å². The van der Waals surface area contributed by atoms with E-state index in [0.717, 1.165) is 22.0 Å². The number of fused-ring (bicyclic) bond motifs is 1. The van der Waals surface area contributed by atoms with Crippen LogP contribution in [0.4, 0.5) is 5.82 Å².